The minimum Gasteiger partial charge on any atom is -0.384 e. The van der Waals surface area contributed by atoms with E-state index in [1.165, 1.54) is 22.4 Å². The number of halogens is 1. The van der Waals surface area contributed by atoms with Crippen molar-refractivity contribution in [3.05, 3.63) is 52.5 Å². The molecular formula is C14H12BrN. The quantitative estimate of drug-likeness (QED) is 0.826. The molecule has 1 heterocycles. The Kier molecular flexibility index (Phi) is 2.44. The maximum Gasteiger partial charge on any atom is 0.0379 e. The molecule has 0 saturated heterocycles. The molecule has 0 unspecified atom stereocenters. The smallest absolute Gasteiger partial charge is 0.0379 e. The van der Waals surface area contributed by atoms with E-state index in [1.807, 2.05) is 0 Å². The molecule has 0 spiro atoms. The number of hydrogen-bond acceptors (Lipinski definition) is 1. The normalized spacial score (nSPS) is 13.3. The van der Waals surface area contributed by atoms with Crippen LogP contribution >= 0.6 is 15.9 Å². The third-order valence-electron chi connectivity index (χ3n) is 2.98. The third-order valence-corrected chi connectivity index (χ3v) is 3.47. The van der Waals surface area contributed by atoms with Gasteiger partial charge < -0.3 is 5.32 Å². The summed E-state index contributed by atoms with van der Waals surface area (Å²) in [6.45, 7) is 1.07. The molecule has 0 saturated carbocycles. The van der Waals surface area contributed by atoms with Gasteiger partial charge in [-0.2, -0.15) is 0 Å². The van der Waals surface area contributed by atoms with Crippen LogP contribution in [0, 0.1) is 0 Å². The molecule has 2 aromatic carbocycles. The van der Waals surface area contributed by atoms with Gasteiger partial charge in [0, 0.05) is 16.7 Å². The Morgan fingerprint density at radius 1 is 1.00 bits per heavy atom. The fourth-order valence-electron chi connectivity index (χ4n) is 2.14. The molecule has 0 fully saturated rings. The van der Waals surface area contributed by atoms with E-state index in [9.17, 15) is 0 Å². The van der Waals surface area contributed by atoms with Gasteiger partial charge in [-0.25, -0.2) is 0 Å². The molecule has 0 radical (unpaired) electrons. The zero-order valence-corrected chi connectivity index (χ0v) is 10.4. The van der Waals surface area contributed by atoms with Gasteiger partial charge in [-0.15, -0.1) is 0 Å². The van der Waals surface area contributed by atoms with Gasteiger partial charge >= 0.3 is 0 Å². The second-order valence-corrected chi connectivity index (χ2v) is 4.97. The van der Waals surface area contributed by atoms with Crippen LogP contribution in [0.1, 0.15) is 5.56 Å². The monoisotopic (exact) mass is 273 g/mol. The molecule has 0 atom stereocenters. The number of anilines is 1. The number of fused-ring (bicyclic) bond motifs is 1. The Balaban J connectivity index is 2.07. The molecule has 80 valence electrons. The van der Waals surface area contributed by atoms with Gasteiger partial charge in [0.05, 0.1) is 0 Å². The minimum atomic E-state index is 1.07. The van der Waals surface area contributed by atoms with E-state index in [1.54, 1.807) is 0 Å². The van der Waals surface area contributed by atoms with Crippen LogP contribution in [-0.2, 0) is 6.42 Å². The Labute approximate surface area is 104 Å². The molecule has 16 heavy (non-hydrogen) atoms. The molecule has 2 heteroatoms. The van der Waals surface area contributed by atoms with Gasteiger partial charge in [0.1, 0.15) is 0 Å². The van der Waals surface area contributed by atoms with Gasteiger partial charge in [-0.1, -0.05) is 40.2 Å². The number of rotatable bonds is 1. The van der Waals surface area contributed by atoms with Crippen molar-refractivity contribution in [2.24, 2.45) is 0 Å². The molecule has 0 amide bonds. The SMILES string of the molecule is Brc1cccc(-c2ccc3c(c2)NCC3)c1. The van der Waals surface area contributed by atoms with Crippen LogP contribution in [0.3, 0.4) is 0 Å². The Bertz CT molecular complexity index is 534. The molecule has 1 nitrogen and oxygen atoms in total. The predicted molar refractivity (Wildman–Crippen MR) is 71.8 cm³/mol. The standard InChI is InChI=1S/C14H12BrN/c15-13-3-1-2-11(8-13)12-5-4-10-6-7-16-14(10)9-12/h1-5,8-9,16H,6-7H2. The van der Waals surface area contributed by atoms with E-state index >= 15 is 0 Å². The second kappa shape index (κ2) is 3.95. The van der Waals surface area contributed by atoms with Crippen molar-refractivity contribution in [1.29, 1.82) is 0 Å². The molecule has 1 aliphatic rings. The van der Waals surface area contributed by atoms with E-state index in [-0.39, 0.29) is 0 Å². The topological polar surface area (TPSA) is 12.0 Å². The van der Waals surface area contributed by atoms with Crippen LogP contribution in [0.5, 0.6) is 0 Å². The highest BCUT2D eigenvalue weighted by Crippen LogP contribution is 2.29. The van der Waals surface area contributed by atoms with Gasteiger partial charge in [-0.3, -0.25) is 0 Å². The first-order chi connectivity index (χ1) is 7.83. The molecule has 1 N–H and O–H groups in total. The van der Waals surface area contributed by atoms with Crippen LogP contribution in [0.15, 0.2) is 46.9 Å². The van der Waals surface area contributed by atoms with Crippen molar-refractivity contribution < 1.29 is 0 Å². The Hall–Kier alpha value is -1.28. The first kappa shape index (κ1) is 9.91. The lowest BCUT2D eigenvalue weighted by Gasteiger charge is -2.05. The molecular weight excluding hydrogens is 262 g/mol. The molecule has 0 bridgehead atoms. The van der Waals surface area contributed by atoms with E-state index in [0.29, 0.717) is 0 Å². The molecule has 0 aromatic heterocycles. The molecule has 0 aliphatic carbocycles. The average Bonchev–Trinajstić information content (AvgIpc) is 2.75. The van der Waals surface area contributed by atoms with Crippen molar-refractivity contribution in [3.8, 4) is 11.1 Å². The summed E-state index contributed by atoms with van der Waals surface area (Å²) in [4.78, 5) is 0. The number of hydrogen-bond donors (Lipinski definition) is 1. The largest absolute Gasteiger partial charge is 0.384 e. The summed E-state index contributed by atoms with van der Waals surface area (Å²) < 4.78 is 1.12. The summed E-state index contributed by atoms with van der Waals surface area (Å²) in [6, 6.07) is 15.1. The highest BCUT2D eigenvalue weighted by molar-refractivity contribution is 9.10. The van der Waals surface area contributed by atoms with Crippen molar-refractivity contribution in [1.82, 2.24) is 0 Å². The maximum absolute atomic E-state index is 3.51. The number of nitrogens with one attached hydrogen (secondary N) is 1. The summed E-state index contributed by atoms with van der Waals surface area (Å²) in [7, 11) is 0. The van der Waals surface area contributed by atoms with Gasteiger partial charge in [-0.05, 0) is 41.3 Å². The lowest BCUT2D eigenvalue weighted by Crippen LogP contribution is -1.91. The highest BCUT2D eigenvalue weighted by atomic mass is 79.9. The molecule has 2 aromatic rings. The van der Waals surface area contributed by atoms with Crippen molar-refractivity contribution in [2.75, 3.05) is 11.9 Å². The fourth-order valence-corrected chi connectivity index (χ4v) is 2.54. The molecule has 1 aliphatic heterocycles. The third kappa shape index (κ3) is 1.74. The first-order valence-electron chi connectivity index (χ1n) is 5.46. The Morgan fingerprint density at radius 3 is 2.75 bits per heavy atom. The average molecular weight is 274 g/mol. The van der Waals surface area contributed by atoms with Gasteiger partial charge in [0.15, 0.2) is 0 Å². The predicted octanol–water partition coefficient (Wildman–Crippen LogP) is 4.08. The van der Waals surface area contributed by atoms with E-state index < -0.39 is 0 Å². The Morgan fingerprint density at radius 2 is 1.88 bits per heavy atom. The minimum absolute atomic E-state index is 1.07. The van der Waals surface area contributed by atoms with E-state index in [0.717, 1.165) is 17.4 Å². The van der Waals surface area contributed by atoms with Crippen LogP contribution in [0.4, 0.5) is 5.69 Å². The van der Waals surface area contributed by atoms with Crippen molar-refractivity contribution in [3.63, 3.8) is 0 Å². The van der Waals surface area contributed by atoms with E-state index in [2.05, 4.69) is 63.7 Å². The van der Waals surface area contributed by atoms with Gasteiger partial charge in [0.25, 0.3) is 0 Å². The van der Waals surface area contributed by atoms with Crippen LogP contribution in [-0.4, -0.2) is 6.54 Å². The highest BCUT2D eigenvalue weighted by Gasteiger charge is 2.10. The lowest BCUT2D eigenvalue weighted by atomic mass is 10.0. The van der Waals surface area contributed by atoms with E-state index in [4.69, 9.17) is 0 Å². The van der Waals surface area contributed by atoms with Crippen molar-refractivity contribution in [2.45, 2.75) is 6.42 Å². The van der Waals surface area contributed by atoms with Crippen LogP contribution < -0.4 is 5.32 Å². The lowest BCUT2D eigenvalue weighted by molar-refractivity contribution is 1.11. The van der Waals surface area contributed by atoms with Gasteiger partial charge in [0.2, 0.25) is 0 Å². The summed E-state index contributed by atoms with van der Waals surface area (Å²) in [6.07, 6.45) is 1.15. The first-order valence-corrected chi connectivity index (χ1v) is 6.25. The summed E-state index contributed by atoms with van der Waals surface area (Å²) in [5.74, 6) is 0. The maximum atomic E-state index is 3.51. The summed E-state index contributed by atoms with van der Waals surface area (Å²) >= 11 is 3.51. The summed E-state index contributed by atoms with van der Waals surface area (Å²) in [5.41, 5.74) is 5.25. The fraction of sp³-hybridized carbons (Fsp3) is 0.143. The molecule has 3 rings (SSSR count). The summed E-state index contributed by atoms with van der Waals surface area (Å²) in [5, 5.41) is 3.41. The van der Waals surface area contributed by atoms with Crippen molar-refractivity contribution >= 4 is 21.6 Å². The zero-order chi connectivity index (χ0) is 11.0. The van der Waals surface area contributed by atoms with Crippen LogP contribution in [0.2, 0.25) is 0 Å². The zero-order valence-electron chi connectivity index (χ0n) is 8.83. The van der Waals surface area contributed by atoms with Crippen LogP contribution in [0.25, 0.3) is 11.1 Å². The number of benzene rings is 2. The second-order valence-electron chi connectivity index (χ2n) is 4.06.